The zero-order valence-electron chi connectivity index (χ0n) is 14.0. The van der Waals surface area contributed by atoms with Gasteiger partial charge in [-0.15, -0.1) is 6.42 Å². The van der Waals surface area contributed by atoms with Gasteiger partial charge < -0.3 is 20.7 Å². The van der Waals surface area contributed by atoms with Crippen LogP contribution in [-0.4, -0.2) is 57.4 Å². The Morgan fingerprint density at radius 2 is 2.28 bits per heavy atom. The van der Waals surface area contributed by atoms with Crippen molar-refractivity contribution in [1.82, 2.24) is 14.7 Å². The maximum Gasteiger partial charge on any atom is 0.255 e. The summed E-state index contributed by atoms with van der Waals surface area (Å²) in [7, 11) is 6.82. The molecule has 1 aromatic rings. The van der Waals surface area contributed by atoms with E-state index in [4.69, 9.17) is 16.9 Å². The molecule has 1 aromatic heterocycles. The lowest BCUT2D eigenvalue weighted by Crippen LogP contribution is -2.40. The molecule has 25 heavy (non-hydrogen) atoms. The minimum Gasteiger partial charge on any atom is -0.503 e. The molecule has 9 heteroatoms. The van der Waals surface area contributed by atoms with Crippen LogP contribution in [-0.2, 0) is 14.7 Å². The summed E-state index contributed by atoms with van der Waals surface area (Å²) in [6.45, 7) is 3.74. The molecule has 3 N–H and O–H groups in total. The molecule has 0 spiro atoms. The van der Waals surface area contributed by atoms with Gasteiger partial charge in [-0.3, -0.25) is 9.59 Å². The van der Waals surface area contributed by atoms with Gasteiger partial charge in [0.05, 0.1) is 28.2 Å². The first kappa shape index (κ1) is 18.3. The maximum atomic E-state index is 12.1. The van der Waals surface area contributed by atoms with Gasteiger partial charge >= 0.3 is 0 Å². The fourth-order valence-electron chi connectivity index (χ4n) is 2.82. The highest BCUT2D eigenvalue weighted by molar-refractivity contribution is 6.15. The summed E-state index contributed by atoms with van der Waals surface area (Å²) in [4.78, 5) is 25.4. The molecule has 1 fully saturated rings. The number of methoxy groups -OCH3 is 1. The Bertz CT molecular complexity index is 807. The van der Waals surface area contributed by atoms with Crippen molar-refractivity contribution in [3.8, 4) is 12.3 Å². The molecule has 0 bridgehead atoms. The van der Waals surface area contributed by atoms with Gasteiger partial charge in [0.15, 0.2) is 0 Å². The highest BCUT2D eigenvalue weighted by Gasteiger charge is 2.43. The van der Waals surface area contributed by atoms with E-state index < -0.39 is 11.1 Å². The van der Waals surface area contributed by atoms with Crippen molar-refractivity contribution in [2.45, 2.75) is 11.6 Å². The zero-order chi connectivity index (χ0) is 18.8. The van der Waals surface area contributed by atoms with Crippen LogP contribution in [0.25, 0.3) is 0 Å². The van der Waals surface area contributed by atoms with E-state index in [1.165, 1.54) is 29.0 Å². The van der Waals surface area contributed by atoms with Gasteiger partial charge in [-0.25, -0.2) is 4.68 Å². The molecule has 129 valence electrons. The zero-order valence-corrected chi connectivity index (χ0v) is 15.0. The predicted octanol–water partition coefficient (Wildman–Crippen LogP) is -0.268. The topological polar surface area (TPSA) is 102 Å². The van der Waals surface area contributed by atoms with E-state index in [-0.39, 0.29) is 23.7 Å². The SMILES string of the molecule is C#Cc1nn([C@@]2([Si])C/C(=C\OC)N(C(=O)C=C)C2)c(NC)c1C(N)=O. The standard InChI is InChI=1S/C16H18N5O3Si/c1-5-11-13(14(17)23)15(18-3)21(19-11)16(25)7-10(8-24-4)20(9-16)12(22)6-2/h1,6,8,18H,2,7,9H2,3-4H3,(H2,17,23)/b10-8+/t16-/m1/s1. The average Bonchev–Trinajstić information content (AvgIpc) is 3.13. The quantitative estimate of drug-likeness (QED) is 0.327. The van der Waals surface area contributed by atoms with Crippen molar-refractivity contribution >= 4 is 27.9 Å². The Hall–Kier alpha value is -2.99. The lowest BCUT2D eigenvalue weighted by molar-refractivity contribution is -0.123. The fraction of sp³-hybridized carbons (Fsp3) is 0.312. The van der Waals surface area contributed by atoms with Gasteiger partial charge in [0.2, 0.25) is 5.91 Å². The minimum atomic E-state index is -0.847. The second-order valence-electron chi connectivity index (χ2n) is 5.42. The number of amides is 2. The summed E-state index contributed by atoms with van der Waals surface area (Å²) in [5.41, 5.74) is 6.31. The van der Waals surface area contributed by atoms with Crippen molar-refractivity contribution in [3.63, 3.8) is 0 Å². The minimum absolute atomic E-state index is 0.119. The number of anilines is 1. The van der Waals surface area contributed by atoms with E-state index in [9.17, 15) is 9.59 Å². The number of nitrogens with two attached hydrogens (primary N) is 1. The highest BCUT2D eigenvalue weighted by Crippen LogP contribution is 2.37. The summed E-state index contributed by atoms with van der Waals surface area (Å²) in [6, 6.07) is 0. The number of rotatable bonds is 5. The molecule has 1 aliphatic heterocycles. The van der Waals surface area contributed by atoms with Crippen molar-refractivity contribution in [2.24, 2.45) is 5.73 Å². The molecular weight excluding hydrogens is 338 g/mol. The smallest absolute Gasteiger partial charge is 0.255 e. The number of ether oxygens (including phenoxy) is 1. The van der Waals surface area contributed by atoms with Gasteiger partial charge in [0.1, 0.15) is 23.3 Å². The lowest BCUT2D eigenvalue weighted by Gasteiger charge is -2.26. The second kappa shape index (κ2) is 6.86. The Labute approximate surface area is 149 Å². The van der Waals surface area contributed by atoms with Crippen LogP contribution in [0.1, 0.15) is 22.5 Å². The molecule has 0 aromatic carbocycles. The molecule has 1 atom stereocenters. The number of allylic oxidation sites excluding steroid dienone is 1. The maximum absolute atomic E-state index is 12.1. The lowest BCUT2D eigenvalue weighted by atomic mass is 10.2. The average molecular weight is 356 g/mol. The van der Waals surface area contributed by atoms with Crippen LogP contribution in [0, 0.1) is 12.3 Å². The first-order chi connectivity index (χ1) is 11.8. The normalized spacial score (nSPS) is 21.0. The van der Waals surface area contributed by atoms with Gasteiger partial charge in [-0.2, -0.15) is 5.10 Å². The molecule has 1 saturated heterocycles. The largest absolute Gasteiger partial charge is 0.503 e. The molecule has 0 aliphatic carbocycles. The number of hydrogen-bond donors (Lipinski definition) is 2. The molecule has 2 rings (SSSR count). The molecule has 0 unspecified atom stereocenters. The summed E-state index contributed by atoms with van der Waals surface area (Å²) in [6.07, 6.45) is 8.50. The van der Waals surface area contributed by atoms with Crippen LogP contribution in [0.2, 0.25) is 0 Å². The number of nitrogens with zero attached hydrogens (tertiary/aromatic N) is 3. The number of carbonyl (C=O) groups excluding carboxylic acids is 2. The van der Waals surface area contributed by atoms with Crippen LogP contribution in [0.15, 0.2) is 24.6 Å². The first-order valence-electron chi connectivity index (χ1n) is 7.31. The van der Waals surface area contributed by atoms with E-state index in [1.54, 1.807) is 7.05 Å². The number of primary amides is 1. The number of terminal acetylenes is 1. The Kier molecular flexibility index (Phi) is 5.04. The van der Waals surface area contributed by atoms with Crippen molar-refractivity contribution < 1.29 is 14.3 Å². The molecule has 0 saturated carbocycles. The van der Waals surface area contributed by atoms with Crippen LogP contribution >= 0.6 is 0 Å². The third-order valence-electron chi connectivity index (χ3n) is 3.85. The van der Waals surface area contributed by atoms with E-state index in [1.807, 2.05) is 0 Å². The molecule has 8 nitrogen and oxygen atoms in total. The van der Waals surface area contributed by atoms with E-state index >= 15 is 0 Å². The van der Waals surface area contributed by atoms with Crippen LogP contribution < -0.4 is 11.1 Å². The summed E-state index contributed by atoms with van der Waals surface area (Å²) >= 11 is 0. The van der Waals surface area contributed by atoms with Gasteiger partial charge in [0.25, 0.3) is 5.91 Å². The number of carbonyl (C=O) groups is 2. The monoisotopic (exact) mass is 356 g/mol. The van der Waals surface area contributed by atoms with E-state index in [0.29, 0.717) is 17.9 Å². The third kappa shape index (κ3) is 3.03. The van der Waals surface area contributed by atoms with Crippen molar-refractivity contribution in [3.05, 3.63) is 35.9 Å². The summed E-state index contributed by atoms with van der Waals surface area (Å²) in [5.74, 6) is 1.75. The number of aromatic nitrogens is 2. The van der Waals surface area contributed by atoms with E-state index in [2.05, 4.69) is 33.2 Å². The third-order valence-corrected chi connectivity index (χ3v) is 4.39. The molecule has 2 heterocycles. The number of likely N-dealkylation sites (tertiary alicyclic amines) is 1. The van der Waals surface area contributed by atoms with Crippen molar-refractivity contribution in [1.29, 1.82) is 0 Å². The molecule has 1 aliphatic rings. The van der Waals surface area contributed by atoms with E-state index in [0.717, 1.165) is 0 Å². The van der Waals surface area contributed by atoms with Crippen LogP contribution in [0.4, 0.5) is 5.82 Å². The van der Waals surface area contributed by atoms with Crippen LogP contribution in [0.3, 0.4) is 0 Å². The number of nitrogens with one attached hydrogen (secondary N) is 1. The fourth-order valence-corrected chi connectivity index (χ4v) is 3.32. The summed E-state index contributed by atoms with van der Waals surface area (Å²) in [5, 5.41) is 6.38. The van der Waals surface area contributed by atoms with Crippen LogP contribution in [0.5, 0.6) is 0 Å². The Morgan fingerprint density at radius 3 is 2.76 bits per heavy atom. The predicted molar refractivity (Wildman–Crippen MR) is 93.6 cm³/mol. The summed E-state index contributed by atoms with van der Waals surface area (Å²) < 4.78 is 6.59. The second-order valence-corrected chi connectivity index (χ2v) is 6.36. The van der Waals surface area contributed by atoms with Gasteiger partial charge in [-0.1, -0.05) is 6.58 Å². The Balaban J connectivity index is 2.60. The molecule has 3 radical (unpaired) electrons. The molecular formula is C16H18N5O3Si. The van der Waals surface area contributed by atoms with Crippen molar-refractivity contribution in [2.75, 3.05) is 26.0 Å². The first-order valence-corrected chi connectivity index (χ1v) is 7.81. The Morgan fingerprint density at radius 1 is 1.60 bits per heavy atom. The molecule has 2 amide bonds. The highest BCUT2D eigenvalue weighted by atomic mass is 28.1. The van der Waals surface area contributed by atoms with Gasteiger partial charge in [0, 0.05) is 20.0 Å². The number of hydrogen-bond acceptors (Lipinski definition) is 5. The van der Waals surface area contributed by atoms with Gasteiger partial charge in [-0.05, 0) is 12.0 Å².